The van der Waals surface area contributed by atoms with Crippen LogP contribution in [-0.2, 0) is 14.3 Å². The van der Waals surface area contributed by atoms with Crippen LogP contribution in [0.1, 0.15) is 6.92 Å². The molecule has 1 aromatic carbocycles. The minimum atomic E-state index is -2.25. The van der Waals surface area contributed by atoms with Crippen LogP contribution in [0.25, 0.3) is 0 Å². The fourth-order valence-corrected chi connectivity index (χ4v) is 2.07. The van der Waals surface area contributed by atoms with Crippen molar-refractivity contribution in [1.29, 1.82) is 5.26 Å². The molecule has 2 unspecified atom stereocenters. The van der Waals surface area contributed by atoms with E-state index in [1.807, 2.05) is 0 Å². The summed E-state index contributed by atoms with van der Waals surface area (Å²) >= 11 is 11.7. The van der Waals surface area contributed by atoms with Gasteiger partial charge in [0.1, 0.15) is 12.6 Å². The van der Waals surface area contributed by atoms with Crippen LogP contribution in [0.15, 0.2) is 18.2 Å². The van der Waals surface area contributed by atoms with Crippen LogP contribution < -0.4 is 10.2 Å². The monoisotopic (exact) mass is 361 g/mol. The smallest absolute Gasteiger partial charge is 0.289 e. The molecule has 23 heavy (non-hydrogen) atoms. The number of nitriles is 1. The van der Waals surface area contributed by atoms with Gasteiger partial charge in [-0.15, -0.1) is 0 Å². The highest BCUT2D eigenvalue weighted by Gasteiger charge is 2.32. The van der Waals surface area contributed by atoms with Gasteiger partial charge in [-0.2, -0.15) is 5.26 Å². The van der Waals surface area contributed by atoms with Crippen molar-refractivity contribution < 1.29 is 18.7 Å². The van der Waals surface area contributed by atoms with Crippen molar-refractivity contribution >= 4 is 40.7 Å². The lowest BCUT2D eigenvalue weighted by Crippen LogP contribution is -2.51. The van der Waals surface area contributed by atoms with Crippen LogP contribution in [-0.4, -0.2) is 37.9 Å². The molecule has 0 saturated carbocycles. The van der Waals surface area contributed by atoms with E-state index in [0.29, 0.717) is 0 Å². The van der Waals surface area contributed by atoms with Crippen molar-refractivity contribution in [3.63, 3.8) is 0 Å². The number of ether oxygens (including phenoxy) is 1. The number of benzene rings is 1. The third-order valence-electron chi connectivity index (χ3n) is 2.93. The first kappa shape index (κ1) is 19.2. The van der Waals surface area contributed by atoms with Crippen molar-refractivity contribution in [2.24, 2.45) is 0 Å². The number of nitrogens with one attached hydrogen (secondary N) is 1. The fraction of sp³-hybridized carbons (Fsp3) is 0.357. The Morgan fingerprint density at radius 2 is 2.09 bits per heavy atom. The molecule has 6 nitrogen and oxygen atoms in total. The minimum absolute atomic E-state index is 0.138. The third kappa shape index (κ3) is 4.79. The first-order valence-corrected chi connectivity index (χ1v) is 7.18. The van der Waals surface area contributed by atoms with E-state index in [9.17, 15) is 14.0 Å². The Bertz CT molecular complexity index is 636. The number of amides is 2. The summed E-state index contributed by atoms with van der Waals surface area (Å²) in [5, 5.41) is 11.2. The Morgan fingerprint density at radius 3 is 2.61 bits per heavy atom. The molecule has 0 aliphatic rings. The third-order valence-corrected chi connectivity index (χ3v) is 3.67. The van der Waals surface area contributed by atoms with Gasteiger partial charge in [-0.25, -0.2) is 4.39 Å². The highest BCUT2D eigenvalue weighted by atomic mass is 35.5. The lowest BCUT2D eigenvalue weighted by molar-refractivity contribution is -0.140. The maximum Gasteiger partial charge on any atom is 0.289 e. The number of halogens is 3. The highest BCUT2D eigenvalue weighted by Crippen LogP contribution is 2.29. The summed E-state index contributed by atoms with van der Waals surface area (Å²) in [5.74, 6) is -1.71. The fourth-order valence-electron chi connectivity index (χ4n) is 1.78. The molecule has 1 aromatic rings. The largest absolute Gasteiger partial charge is 0.344 e. The van der Waals surface area contributed by atoms with E-state index < -0.39 is 24.2 Å². The molecule has 124 valence electrons. The summed E-state index contributed by atoms with van der Waals surface area (Å²) in [5.41, 5.74) is 0.170. The van der Waals surface area contributed by atoms with Crippen LogP contribution in [0.4, 0.5) is 10.1 Å². The average molecular weight is 362 g/mol. The molecule has 0 spiro atoms. The molecule has 1 rings (SSSR count). The summed E-state index contributed by atoms with van der Waals surface area (Å²) in [4.78, 5) is 25.1. The van der Waals surface area contributed by atoms with Crippen LogP contribution in [0.2, 0.25) is 10.0 Å². The lowest BCUT2D eigenvalue weighted by atomic mass is 10.2. The summed E-state index contributed by atoms with van der Waals surface area (Å²) in [7, 11) is 1.02. The predicted molar refractivity (Wildman–Crippen MR) is 83.9 cm³/mol. The van der Waals surface area contributed by atoms with Crippen molar-refractivity contribution in [3.05, 3.63) is 28.2 Å². The first-order valence-electron chi connectivity index (χ1n) is 6.43. The Labute approximate surface area is 142 Å². The number of alkyl halides is 1. The van der Waals surface area contributed by atoms with E-state index >= 15 is 0 Å². The van der Waals surface area contributed by atoms with Gasteiger partial charge in [0, 0.05) is 12.8 Å². The molecule has 0 aromatic heterocycles. The van der Waals surface area contributed by atoms with Gasteiger partial charge in [-0.3, -0.25) is 14.5 Å². The van der Waals surface area contributed by atoms with E-state index in [1.165, 1.54) is 25.1 Å². The summed E-state index contributed by atoms with van der Waals surface area (Å²) in [6.45, 7) is 1.14. The zero-order chi connectivity index (χ0) is 17.6. The van der Waals surface area contributed by atoms with Gasteiger partial charge in [0.25, 0.3) is 12.3 Å². The van der Waals surface area contributed by atoms with Gasteiger partial charge in [0.2, 0.25) is 5.91 Å². The van der Waals surface area contributed by atoms with E-state index in [1.54, 1.807) is 6.07 Å². The van der Waals surface area contributed by atoms with E-state index in [0.717, 1.165) is 12.0 Å². The number of nitrogens with zero attached hydrogens (tertiary/aromatic N) is 2. The average Bonchev–Trinajstić information content (AvgIpc) is 2.54. The second-order valence-electron chi connectivity index (χ2n) is 4.41. The predicted octanol–water partition coefficient (Wildman–Crippen LogP) is 2.30. The zero-order valence-electron chi connectivity index (χ0n) is 12.3. The lowest BCUT2D eigenvalue weighted by Gasteiger charge is -2.29. The van der Waals surface area contributed by atoms with Gasteiger partial charge < -0.3 is 10.1 Å². The van der Waals surface area contributed by atoms with Crippen LogP contribution >= 0.6 is 23.2 Å². The van der Waals surface area contributed by atoms with Crippen molar-refractivity contribution in [2.45, 2.75) is 19.3 Å². The Morgan fingerprint density at radius 1 is 1.43 bits per heavy atom. The molecule has 0 fully saturated rings. The molecular weight excluding hydrogens is 348 g/mol. The maximum atomic E-state index is 13.7. The number of hydrogen-bond donors (Lipinski definition) is 1. The highest BCUT2D eigenvalue weighted by molar-refractivity contribution is 6.42. The van der Waals surface area contributed by atoms with Crippen molar-refractivity contribution in [2.75, 3.05) is 18.6 Å². The van der Waals surface area contributed by atoms with Crippen molar-refractivity contribution in [3.8, 4) is 6.07 Å². The SMILES string of the molecule is COC(F)C(=O)N(c1ccc(Cl)c(Cl)c1)C(C)C(=O)NCC#N. The van der Waals surface area contributed by atoms with E-state index in [-0.39, 0.29) is 22.3 Å². The second-order valence-corrected chi connectivity index (χ2v) is 5.22. The second kappa shape index (κ2) is 8.67. The topological polar surface area (TPSA) is 82.4 Å². The number of carbonyl (C=O) groups is 2. The molecule has 1 N–H and O–H groups in total. The minimum Gasteiger partial charge on any atom is -0.344 e. The van der Waals surface area contributed by atoms with Gasteiger partial charge in [-0.1, -0.05) is 23.2 Å². The molecule has 9 heteroatoms. The van der Waals surface area contributed by atoms with Crippen LogP contribution in [0.3, 0.4) is 0 Å². The molecule has 0 radical (unpaired) electrons. The number of hydrogen-bond acceptors (Lipinski definition) is 4. The molecular formula is C14H14Cl2FN3O3. The van der Waals surface area contributed by atoms with Gasteiger partial charge in [-0.05, 0) is 25.1 Å². The molecule has 0 bridgehead atoms. The number of carbonyl (C=O) groups excluding carboxylic acids is 2. The number of methoxy groups -OCH3 is 1. The molecule has 0 aliphatic carbocycles. The van der Waals surface area contributed by atoms with Crippen LogP contribution in [0.5, 0.6) is 0 Å². The molecule has 0 saturated heterocycles. The molecule has 0 heterocycles. The van der Waals surface area contributed by atoms with Crippen molar-refractivity contribution in [1.82, 2.24) is 5.32 Å². The summed E-state index contributed by atoms with van der Waals surface area (Å²) in [6, 6.07) is 4.81. The first-order chi connectivity index (χ1) is 10.8. The normalized spacial score (nSPS) is 12.9. The number of rotatable bonds is 6. The Hall–Kier alpha value is -1.88. The zero-order valence-corrected chi connectivity index (χ0v) is 13.9. The Balaban J connectivity index is 3.21. The number of anilines is 1. The Kier molecular flexibility index (Phi) is 7.23. The summed E-state index contributed by atoms with van der Waals surface area (Å²) < 4.78 is 18.0. The maximum absolute atomic E-state index is 13.7. The van der Waals surface area contributed by atoms with Gasteiger partial charge in [0.05, 0.1) is 16.1 Å². The standard InChI is InChI=1S/C14H14Cl2FN3O3/c1-8(13(21)19-6-5-18)20(14(22)12(17)23-2)9-3-4-10(15)11(16)7-9/h3-4,7-8,12H,6H2,1-2H3,(H,19,21). The van der Waals surface area contributed by atoms with E-state index in [4.69, 9.17) is 28.5 Å². The van der Waals surface area contributed by atoms with Crippen LogP contribution in [0, 0.1) is 11.3 Å². The molecule has 2 amide bonds. The van der Waals surface area contributed by atoms with Gasteiger partial charge in [0.15, 0.2) is 0 Å². The van der Waals surface area contributed by atoms with E-state index in [2.05, 4.69) is 10.1 Å². The van der Waals surface area contributed by atoms with Gasteiger partial charge >= 0.3 is 0 Å². The quantitative estimate of drug-likeness (QED) is 0.788. The molecule has 0 aliphatic heterocycles. The molecule has 2 atom stereocenters. The summed E-state index contributed by atoms with van der Waals surface area (Å²) in [6.07, 6.45) is -2.25.